The summed E-state index contributed by atoms with van der Waals surface area (Å²) in [5.74, 6) is 1.36. The Hall–Kier alpha value is -0.240. The number of hydrogen-bond acceptors (Lipinski definition) is 1. The number of halogens is 1. The van der Waals surface area contributed by atoms with E-state index in [2.05, 4.69) is 5.32 Å². The Morgan fingerprint density at radius 3 is 2.79 bits per heavy atom. The molecule has 3 heteroatoms. The lowest BCUT2D eigenvalue weighted by Crippen LogP contribution is -2.42. The standard InChI is InChI=1S/C11H20ClNO/c1-2-5-11(14)13-10-7-4-3-6-9(10)8-12/h9-10H,2-8H2,1H3,(H,13,14). The number of rotatable bonds is 4. The highest BCUT2D eigenvalue weighted by molar-refractivity contribution is 6.18. The van der Waals surface area contributed by atoms with Gasteiger partial charge in [-0.25, -0.2) is 0 Å². The first kappa shape index (κ1) is 11.8. The zero-order valence-electron chi connectivity index (χ0n) is 8.89. The highest BCUT2D eigenvalue weighted by Gasteiger charge is 2.25. The van der Waals surface area contributed by atoms with E-state index in [0.29, 0.717) is 24.3 Å². The summed E-state index contributed by atoms with van der Waals surface area (Å²) >= 11 is 5.88. The lowest BCUT2D eigenvalue weighted by molar-refractivity contribution is -0.122. The van der Waals surface area contributed by atoms with Crippen molar-refractivity contribution in [3.63, 3.8) is 0 Å². The van der Waals surface area contributed by atoms with E-state index in [1.807, 2.05) is 6.92 Å². The monoisotopic (exact) mass is 217 g/mol. The molecule has 1 N–H and O–H groups in total. The second-order valence-corrected chi connectivity index (χ2v) is 4.43. The Morgan fingerprint density at radius 2 is 2.14 bits per heavy atom. The van der Waals surface area contributed by atoms with E-state index in [9.17, 15) is 4.79 Å². The molecule has 1 saturated carbocycles. The Morgan fingerprint density at radius 1 is 1.43 bits per heavy atom. The van der Waals surface area contributed by atoms with Crippen molar-refractivity contribution >= 4 is 17.5 Å². The molecule has 82 valence electrons. The summed E-state index contributed by atoms with van der Waals surface area (Å²) in [5.41, 5.74) is 0. The maximum absolute atomic E-state index is 11.4. The number of hydrogen-bond donors (Lipinski definition) is 1. The first-order valence-corrected chi connectivity index (χ1v) is 6.16. The zero-order valence-corrected chi connectivity index (χ0v) is 9.65. The van der Waals surface area contributed by atoms with Gasteiger partial charge in [0.05, 0.1) is 0 Å². The van der Waals surface area contributed by atoms with Gasteiger partial charge in [0.2, 0.25) is 5.91 Å². The first-order chi connectivity index (χ1) is 6.77. The Labute approximate surface area is 91.4 Å². The average molecular weight is 218 g/mol. The van der Waals surface area contributed by atoms with Crippen LogP contribution in [0.15, 0.2) is 0 Å². The van der Waals surface area contributed by atoms with E-state index in [1.54, 1.807) is 0 Å². The first-order valence-electron chi connectivity index (χ1n) is 5.63. The topological polar surface area (TPSA) is 29.1 Å². The molecule has 0 aromatic rings. The van der Waals surface area contributed by atoms with Crippen molar-refractivity contribution in [2.24, 2.45) is 5.92 Å². The van der Waals surface area contributed by atoms with Crippen molar-refractivity contribution in [2.75, 3.05) is 5.88 Å². The van der Waals surface area contributed by atoms with E-state index in [-0.39, 0.29) is 5.91 Å². The highest BCUT2D eigenvalue weighted by atomic mass is 35.5. The molecular formula is C11H20ClNO. The Bertz CT molecular complexity index is 184. The third kappa shape index (κ3) is 3.49. The van der Waals surface area contributed by atoms with Gasteiger partial charge in [-0.1, -0.05) is 19.8 Å². The van der Waals surface area contributed by atoms with Crippen molar-refractivity contribution in [3.05, 3.63) is 0 Å². The van der Waals surface area contributed by atoms with Crippen molar-refractivity contribution in [3.8, 4) is 0 Å². The molecule has 0 spiro atoms. The number of nitrogens with one attached hydrogen (secondary N) is 1. The summed E-state index contributed by atoms with van der Waals surface area (Å²) in [6.45, 7) is 2.03. The van der Waals surface area contributed by atoms with Gasteiger partial charge in [0.15, 0.2) is 0 Å². The van der Waals surface area contributed by atoms with Crippen molar-refractivity contribution in [1.82, 2.24) is 5.32 Å². The lowest BCUT2D eigenvalue weighted by Gasteiger charge is -2.30. The summed E-state index contributed by atoms with van der Waals surface area (Å²) in [7, 11) is 0. The van der Waals surface area contributed by atoms with Gasteiger partial charge in [0, 0.05) is 18.3 Å². The minimum absolute atomic E-state index is 0.189. The fraction of sp³-hybridized carbons (Fsp3) is 0.909. The van der Waals surface area contributed by atoms with Crippen LogP contribution >= 0.6 is 11.6 Å². The zero-order chi connectivity index (χ0) is 10.4. The van der Waals surface area contributed by atoms with E-state index in [4.69, 9.17) is 11.6 Å². The van der Waals surface area contributed by atoms with Crippen LogP contribution in [-0.4, -0.2) is 17.8 Å². The predicted octanol–water partition coefficient (Wildman–Crippen LogP) is 2.70. The van der Waals surface area contributed by atoms with E-state index in [1.165, 1.54) is 19.3 Å². The van der Waals surface area contributed by atoms with Crippen LogP contribution in [0.5, 0.6) is 0 Å². The minimum Gasteiger partial charge on any atom is -0.353 e. The molecule has 0 aliphatic heterocycles. The molecule has 1 aliphatic rings. The van der Waals surface area contributed by atoms with Gasteiger partial charge in [-0.15, -0.1) is 11.6 Å². The Balaban J connectivity index is 2.36. The second kappa shape index (κ2) is 6.28. The van der Waals surface area contributed by atoms with Crippen LogP contribution < -0.4 is 5.32 Å². The molecule has 0 aromatic carbocycles. The average Bonchev–Trinajstić information content (AvgIpc) is 2.19. The molecule has 0 radical (unpaired) electrons. The molecule has 0 aromatic heterocycles. The van der Waals surface area contributed by atoms with Gasteiger partial charge in [-0.2, -0.15) is 0 Å². The second-order valence-electron chi connectivity index (χ2n) is 4.12. The van der Waals surface area contributed by atoms with Gasteiger partial charge in [0.1, 0.15) is 0 Å². The molecule has 2 unspecified atom stereocenters. The summed E-state index contributed by atoms with van der Waals surface area (Å²) in [4.78, 5) is 11.4. The van der Waals surface area contributed by atoms with Gasteiger partial charge in [-0.3, -0.25) is 4.79 Å². The van der Waals surface area contributed by atoms with Crippen molar-refractivity contribution in [1.29, 1.82) is 0 Å². The number of carbonyl (C=O) groups excluding carboxylic acids is 1. The molecule has 0 heterocycles. The van der Waals surface area contributed by atoms with E-state index in [0.717, 1.165) is 12.8 Å². The molecule has 1 rings (SSSR count). The van der Waals surface area contributed by atoms with Crippen LogP contribution in [0, 0.1) is 5.92 Å². The van der Waals surface area contributed by atoms with Gasteiger partial charge >= 0.3 is 0 Å². The molecule has 2 atom stereocenters. The third-order valence-corrected chi connectivity index (χ3v) is 3.33. The SMILES string of the molecule is CCCC(=O)NC1CCCCC1CCl. The molecule has 1 amide bonds. The minimum atomic E-state index is 0.189. The largest absolute Gasteiger partial charge is 0.353 e. The fourth-order valence-corrected chi connectivity index (χ4v) is 2.46. The smallest absolute Gasteiger partial charge is 0.220 e. The van der Waals surface area contributed by atoms with E-state index >= 15 is 0 Å². The van der Waals surface area contributed by atoms with Gasteiger partial charge in [0.25, 0.3) is 0 Å². The lowest BCUT2D eigenvalue weighted by atomic mass is 9.85. The maximum Gasteiger partial charge on any atom is 0.220 e. The summed E-state index contributed by atoms with van der Waals surface area (Å²) in [6.07, 6.45) is 6.32. The molecule has 14 heavy (non-hydrogen) atoms. The quantitative estimate of drug-likeness (QED) is 0.721. The molecule has 1 aliphatic carbocycles. The molecule has 1 fully saturated rings. The number of amides is 1. The number of alkyl halides is 1. The van der Waals surface area contributed by atoms with Gasteiger partial charge < -0.3 is 5.32 Å². The predicted molar refractivity (Wildman–Crippen MR) is 59.5 cm³/mol. The van der Waals surface area contributed by atoms with Crippen LogP contribution in [0.3, 0.4) is 0 Å². The fourth-order valence-electron chi connectivity index (χ4n) is 2.09. The highest BCUT2D eigenvalue weighted by Crippen LogP contribution is 2.25. The van der Waals surface area contributed by atoms with Crippen LogP contribution in [0.25, 0.3) is 0 Å². The Kier molecular flexibility index (Phi) is 5.31. The van der Waals surface area contributed by atoms with Crippen LogP contribution in [-0.2, 0) is 4.79 Å². The van der Waals surface area contributed by atoms with Crippen LogP contribution in [0.1, 0.15) is 45.4 Å². The third-order valence-electron chi connectivity index (χ3n) is 2.93. The maximum atomic E-state index is 11.4. The van der Waals surface area contributed by atoms with Crippen molar-refractivity contribution in [2.45, 2.75) is 51.5 Å². The van der Waals surface area contributed by atoms with Crippen LogP contribution in [0.4, 0.5) is 0 Å². The summed E-state index contributed by atoms with van der Waals surface area (Å²) in [5, 5.41) is 3.10. The summed E-state index contributed by atoms with van der Waals surface area (Å²) < 4.78 is 0. The summed E-state index contributed by atoms with van der Waals surface area (Å²) in [6, 6.07) is 0.334. The normalized spacial score (nSPS) is 27.3. The number of carbonyl (C=O) groups is 1. The van der Waals surface area contributed by atoms with Crippen LogP contribution in [0.2, 0.25) is 0 Å². The molecule has 2 nitrogen and oxygen atoms in total. The molecule has 0 saturated heterocycles. The van der Waals surface area contributed by atoms with E-state index < -0.39 is 0 Å². The molecular weight excluding hydrogens is 198 g/mol. The molecule has 0 bridgehead atoms. The van der Waals surface area contributed by atoms with Gasteiger partial charge in [-0.05, 0) is 25.2 Å². The van der Waals surface area contributed by atoms with Crippen molar-refractivity contribution < 1.29 is 4.79 Å².